The molecule has 0 radical (unpaired) electrons. The third-order valence-electron chi connectivity index (χ3n) is 3.47. The van der Waals surface area contributed by atoms with E-state index in [-0.39, 0.29) is 5.78 Å². The molecule has 1 heterocycles. The minimum absolute atomic E-state index is 0.0541. The average molecular weight is 288 g/mol. The van der Waals surface area contributed by atoms with Crippen LogP contribution in [0.5, 0.6) is 0 Å². The number of carbonyl (C=O) groups is 1. The van der Waals surface area contributed by atoms with Gasteiger partial charge < -0.3 is 9.32 Å². The first kappa shape index (κ1) is 15.7. The van der Waals surface area contributed by atoms with Crippen LogP contribution in [0.15, 0.2) is 34.7 Å². The highest BCUT2D eigenvalue weighted by atomic mass is 16.3. The highest BCUT2D eigenvalue weighted by Gasteiger charge is 2.16. The first-order valence-electron chi connectivity index (χ1n) is 7.49. The summed E-state index contributed by atoms with van der Waals surface area (Å²) in [4.78, 5) is 16.7. The van der Waals surface area contributed by atoms with E-state index in [1.165, 1.54) is 0 Å². The van der Waals surface area contributed by atoms with E-state index >= 15 is 0 Å². The van der Waals surface area contributed by atoms with Gasteiger partial charge >= 0.3 is 0 Å². The van der Waals surface area contributed by atoms with E-state index in [1.807, 2.05) is 44.4 Å². The van der Waals surface area contributed by atoms with Gasteiger partial charge in [0.05, 0.1) is 6.54 Å². The highest BCUT2D eigenvalue weighted by molar-refractivity contribution is 5.98. The standard InChI is InChI=1S/C17H24N2O2/c1-4-9-19(11-10-18(2)3)13-15(20)17-12-14-7-5-6-8-16(14)21-17/h5-8,12H,4,9-11,13H2,1-3H3. The summed E-state index contributed by atoms with van der Waals surface area (Å²) in [5.41, 5.74) is 0.774. The number of likely N-dealkylation sites (N-methyl/N-ethyl adjacent to an activating group) is 1. The van der Waals surface area contributed by atoms with Gasteiger partial charge in [-0.2, -0.15) is 0 Å². The Hall–Kier alpha value is -1.65. The number of ketones is 1. The Balaban J connectivity index is 2.03. The average Bonchev–Trinajstić information content (AvgIpc) is 2.89. The van der Waals surface area contributed by atoms with Crippen LogP contribution in [0, 0.1) is 0 Å². The third-order valence-corrected chi connectivity index (χ3v) is 3.47. The van der Waals surface area contributed by atoms with Crippen LogP contribution < -0.4 is 0 Å². The van der Waals surface area contributed by atoms with Crippen molar-refractivity contribution in [2.45, 2.75) is 13.3 Å². The Kier molecular flexibility index (Phi) is 5.53. The fourth-order valence-corrected chi connectivity index (χ4v) is 2.33. The van der Waals surface area contributed by atoms with Crippen molar-refractivity contribution in [3.05, 3.63) is 36.1 Å². The summed E-state index contributed by atoms with van der Waals surface area (Å²) >= 11 is 0. The van der Waals surface area contributed by atoms with Crippen LogP contribution in [-0.4, -0.2) is 55.9 Å². The summed E-state index contributed by atoms with van der Waals surface area (Å²) in [7, 11) is 4.09. The number of fused-ring (bicyclic) bond motifs is 1. The van der Waals surface area contributed by atoms with Crippen LogP contribution in [0.25, 0.3) is 11.0 Å². The monoisotopic (exact) mass is 288 g/mol. The molecule has 0 unspecified atom stereocenters. The Morgan fingerprint density at radius 1 is 1.14 bits per heavy atom. The van der Waals surface area contributed by atoms with Gasteiger partial charge in [0, 0.05) is 18.5 Å². The van der Waals surface area contributed by atoms with Crippen molar-refractivity contribution in [1.82, 2.24) is 9.80 Å². The molecule has 2 rings (SSSR count). The number of Topliss-reactive ketones (excluding diaryl/α,β-unsaturated/α-hetero) is 1. The summed E-state index contributed by atoms with van der Waals surface area (Å²) in [6, 6.07) is 9.56. The molecular formula is C17H24N2O2. The Labute approximate surface area is 126 Å². The molecule has 2 aromatic rings. The van der Waals surface area contributed by atoms with E-state index in [2.05, 4.69) is 16.7 Å². The van der Waals surface area contributed by atoms with Crippen LogP contribution in [0.1, 0.15) is 23.9 Å². The summed E-state index contributed by atoms with van der Waals surface area (Å²) in [5.74, 6) is 0.514. The van der Waals surface area contributed by atoms with Crippen LogP contribution >= 0.6 is 0 Å². The molecule has 0 bridgehead atoms. The van der Waals surface area contributed by atoms with Crippen LogP contribution in [0.4, 0.5) is 0 Å². The summed E-state index contributed by atoms with van der Waals surface area (Å²) in [5, 5.41) is 0.983. The van der Waals surface area contributed by atoms with Gasteiger partial charge in [-0.3, -0.25) is 9.69 Å². The molecular weight excluding hydrogens is 264 g/mol. The lowest BCUT2D eigenvalue weighted by atomic mass is 10.2. The minimum Gasteiger partial charge on any atom is -0.453 e. The summed E-state index contributed by atoms with van der Waals surface area (Å²) in [6.07, 6.45) is 1.04. The molecule has 0 amide bonds. The molecule has 0 spiro atoms. The molecule has 1 aromatic carbocycles. The number of benzene rings is 1. The Morgan fingerprint density at radius 3 is 2.57 bits per heavy atom. The number of nitrogens with zero attached hydrogens (tertiary/aromatic N) is 2. The maximum atomic E-state index is 12.4. The van der Waals surface area contributed by atoms with Crippen molar-refractivity contribution in [3.8, 4) is 0 Å². The quantitative estimate of drug-likeness (QED) is 0.700. The molecule has 1 aromatic heterocycles. The van der Waals surface area contributed by atoms with Gasteiger partial charge in [-0.05, 0) is 39.2 Å². The fourth-order valence-electron chi connectivity index (χ4n) is 2.33. The van der Waals surface area contributed by atoms with E-state index in [9.17, 15) is 4.79 Å². The number of carbonyl (C=O) groups excluding carboxylic acids is 1. The van der Waals surface area contributed by atoms with Crippen molar-refractivity contribution in [2.24, 2.45) is 0 Å². The normalized spacial score (nSPS) is 11.7. The highest BCUT2D eigenvalue weighted by Crippen LogP contribution is 2.19. The van der Waals surface area contributed by atoms with Crippen molar-refractivity contribution in [1.29, 1.82) is 0 Å². The van der Waals surface area contributed by atoms with Crippen LogP contribution in [-0.2, 0) is 0 Å². The number of para-hydroxylation sites is 1. The number of rotatable bonds is 8. The van der Waals surface area contributed by atoms with Crippen molar-refractivity contribution >= 4 is 16.8 Å². The lowest BCUT2D eigenvalue weighted by molar-refractivity contribution is 0.0900. The van der Waals surface area contributed by atoms with Crippen molar-refractivity contribution in [2.75, 3.05) is 40.3 Å². The largest absolute Gasteiger partial charge is 0.453 e. The predicted molar refractivity (Wildman–Crippen MR) is 85.8 cm³/mol. The lowest BCUT2D eigenvalue weighted by Gasteiger charge is -2.22. The number of hydrogen-bond acceptors (Lipinski definition) is 4. The summed E-state index contributed by atoms with van der Waals surface area (Å²) in [6.45, 7) is 5.33. The number of furan rings is 1. The predicted octanol–water partition coefficient (Wildman–Crippen LogP) is 2.89. The van der Waals surface area contributed by atoms with Gasteiger partial charge in [0.25, 0.3) is 0 Å². The number of hydrogen-bond donors (Lipinski definition) is 0. The van der Waals surface area contributed by atoms with Gasteiger partial charge in [-0.15, -0.1) is 0 Å². The van der Waals surface area contributed by atoms with Gasteiger partial charge in [0.1, 0.15) is 5.58 Å². The fraction of sp³-hybridized carbons (Fsp3) is 0.471. The van der Waals surface area contributed by atoms with Crippen molar-refractivity contribution < 1.29 is 9.21 Å². The molecule has 114 valence electrons. The van der Waals surface area contributed by atoms with E-state index < -0.39 is 0 Å². The topological polar surface area (TPSA) is 36.7 Å². The summed E-state index contributed by atoms with van der Waals surface area (Å²) < 4.78 is 5.65. The van der Waals surface area contributed by atoms with Gasteiger partial charge in [0.2, 0.25) is 5.78 Å². The molecule has 0 saturated carbocycles. The molecule has 4 heteroatoms. The zero-order chi connectivity index (χ0) is 15.2. The maximum absolute atomic E-state index is 12.4. The molecule has 21 heavy (non-hydrogen) atoms. The van der Waals surface area contributed by atoms with E-state index in [1.54, 1.807) is 0 Å². The smallest absolute Gasteiger partial charge is 0.211 e. The lowest BCUT2D eigenvalue weighted by Crippen LogP contribution is -2.36. The molecule has 0 atom stereocenters. The Morgan fingerprint density at radius 2 is 1.90 bits per heavy atom. The van der Waals surface area contributed by atoms with Crippen molar-refractivity contribution in [3.63, 3.8) is 0 Å². The molecule has 4 nitrogen and oxygen atoms in total. The SMILES string of the molecule is CCCN(CCN(C)C)CC(=O)c1cc2ccccc2o1. The Bertz CT molecular complexity index is 556. The maximum Gasteiger partial charge on any atom is 0.211 e. The van der Waals surface area contributed by atoms with Crippen LogP contribution in [0.2, 0.25) is 0 Å². The molecule has 0 aliphatic carbocycles. The van der Waals surface area contributed by atoms with E-state index in [0.29, 0.717) is 12.3 Å². The first-order chi connectivity index (χ1) is 10.1. The minimum atomic E-state index is 0.0541. The second-order valence-corrected chi connectivity index (χ2v) is 5.65. The van der Waals surface area contributed by atoms with Crippen LogP contribution in [0.3, 0.4) is 0 Å². The van der Waals surface area contributed by atoms with Gasteiger partial charge in [0.15, 0.2) is 5.76 Å². The second-order valence-electron chi connectivity index (χ2n) is 5.65. The molecule has 0 saturated heterocycles. The first-order valence-corrected chi connectivity index (χ1v) is 7.49. The zero-order valence-electron chi connectivity index (χ0n) is 13.1. The molecule has 0 fully saturated rings. The second kappa shape index (κ2) is 7.38. The molecule has 0 aliphatic rings. The van der Waals surface area contributed by atoms with Gasteiger partial charge in [-0.25, -0.2) is 0 Å². The molecule has 0 N–H and O–H groups in total. The molecule has 0 aliphatic heterocycles. The van der Waals surface area contributed by atoms with E-state index in [4.69, 9.17) is 4.42 Å². The zero-order valence-corrected chi connectivity index (χ0v) is 13.1. The van der Waals surface area contributed by atoms with Gasteiger partial charge in [-0.1, -0.05) is 25.1 Å². The third kappa shape index (κ3) is 4.41. The van der Waals surface area contributed by atoms with E-state index in [0.717, 1.165) is 37.0 Å².